The van der Waals surface area contributed by atoms with Crippen LogP contribution >= 0.6 is 11.8 Å². The van der Waals surface area contributed by atoms with Crippen molar-refractivity contribution in [2.75, 3.05) is 7.11 Å². The molecular formula is C19H23N3O4S. The Morgan fingerprint density at radius 3 is 2.56 bits per heavy atom. The summed E-state index contributed by atoms with van der Waals surface area (Å²) in [6, 6.07) is 4.15. The molecule has 27 heavy (non-hydrogen) atoms. The zero-order valence-electron chi connectivity index (χ0n) is 15.3. The third-order valence-corrected chi connectivity index (χ3v) is 6.07. The average Bonchev–Trinajstić information content (AvgIpc) is 3.06. The van der Waals surface area contributed by atoms with E-state index in [2.05, 4.69) is 15.0 Å². The number of aryl methyl sites for hydroxylation is 1. The number of imidazole rings is 1. The minimum atomic E-state index is -0.591. The Bertz CT molecular complexity index is 828. The van der Waals surface area contributed by atoms with Crippen LogP contribution in [0.3, 0.4) is 0 Å². The van der Waals surface area contributed by atoms with Gasteiger partial charge < -0.3 is 19.7 Å². The second-order valence-electron chi connectivity index (χ2n) is 6.65. The van der Waals surface area contributed by atoms with E-state index in [4.69, 9.17) is 0 Å². The maximum Gasteiger partial charge on any atom is 0.338 e. The van der Waals surface area contributed by atoms with Gasteiger partial charge in [-0.05, 0) is 43.9 Å². The van der Waals surface area contributed by atoms with E-state index in [1.54, 1.807) is 18.0 Å². The monoisotopic (exact) mass is 389 g/mol. The Morgan fingerprint density at radius 1 is 1.22 bits per heavy atom. The van der Waals surface area contributed by atoms with E-state index in [1.807, 2.05) is 17.8 Å². The summed E-state index contributed by atoms with van der Waals surface area (Å²) in [5, 5.41) is 14.3. The highest BCUT2D eigenvalue weighted by atomic mass is 32.2. The molecule has 0 unspecified atom stereocenters. The van der Waals surface area contributed by atoms with Crippen molar-refractivity contribution in [2.24, 2.45) is 7.05 Å². The molecule has 1 aliphatic carbocycles. The third-order valence-electron chi connectivity index (χ3n) is 4.66. The molecule has 0 bridgehead atoms. The zero-order chi connectivity index (χ0) is 19.4. The Hall–Kier alpha value is -2.48. The van der Waals surface area contributed by atoms with Crippen LogP contribution in [0.25, 0.3) is 0 Å². The van der Waals surface area contributed by atoms with E-state index >= 15 is 0 Å². The van der Waals surface area contributed by atoms with Crippen LogP contribution in [0.15, 0.2) is 35.7 Å². The number of phenolic OH excluding ortho intramolecular Hbond substituents is 1. The normalized spacial score (nSPS) is 19.5. The molecule has 0 spiro atoms. The third kappa shape index (κ3) is 4.82. The van der Waals surface area contributed by atoms with Crippen molar-refractivity contribution in [1.82, 2.24) is 14.9 Å². The van der Waals surface area contributed by atoms with Crippen molar-refractivity contribution >= 4 is 23.6 Å². The fraction of sp³-hybridized carbons (Fsp3) is 0.421. The Labute approximate surface area is 162 Å². The molecule has 2 aromatic rings. The maximum absolute atomic E-state index is 12.5. The van der Waals surface area contributed by atoms with E-state index in [9.17, 15) is 14.7 Å². The van der Waals surface area contributed by atoms with Gasteiger partial charge in [0, 0.05) is 36.3 Å². The van der Waals surface area contributed by atoms with Crippen molar-refractivity contribution in [1.29, 1.82) is 0 Å². The van der Waals surface area contributed by atoms with Crippen LogP contribution in [0, 0.1) is 0 Å². The summed E-state index contributed by atoms with van der Waals surface area (Å²) in [5.41, 5.74) is 0.401. The predicted octanol–water partition coefficient (Wildman–Crippen LogP) is 2.75. The number of ether oxygens (including phenoxy) is 1. The molecule has 1 aromatic carbocycles. The lowest BCUT2D eigenvalue weighted by molar-refractivity contribution is 0.0600. The first kappa shape index (κ1) is 19.3. The lowest BCUT2D eigenvalue weighted by Gasteiger charge is -2.28. The van der Waals surface area contributed by atoms with Crippen molar-refractivity contribution < 1.29 is 19.4 Å². The summed E-state index contributed by atoms with van der Waals surface area (Å²) in [6.07, 6.45) is 7.50. The number of carbonyl (C=O) groups excluding carboxylic acids is 2. The van der Waals surface area contributed by atoms with Gasteiger partial charge in [0.25, 0.3) is 5.91 Å². The molecule has 0 atom stereocenters. The van der Waals surface area contributed by atoms with Crippen LogP contribution in [0.2, 0.25) is 0 Å². The molecule has 7 nitrogen and oxygen atoms in total. The number of rotatable bonds is 5. The number of thioether (sulfide) groups is 1. The van der Waals surface area contributed by atoms with E-state index in [1.165, 1.54) is 25.3 Å². The second-order valence-corrected chi connectivity index (χ2v) is 7.91. The minimum absolute atomic E-state index is 0.0830. The summed E-state index contributed by atoms with van der Waals surface area (Å²) in [7, 11) is 3.24. The first-order valence-electron chi connectivity index (χ1n) is 8.83. The number of phenols is 1. The van der Waals surface area contributed by atoms with Crippen LogP contribution < -0.4 is 5.32 Å². The van der Waals surface area contributed by atoms with Gasteiger partial charge in [-0.15, -0.1) is 0 Å². The molecule has 1 saturated carbocycles. The van der Waals surface area contributed by atoms with Gasteiger partial charge in [0.05, 0.1) is 12.7 Å². The van der Waals surface area contributed by atoms with Crippen LogP contribution in [0.1, 0.15) is 46.4 Å². The number of methoxy groups -OCH3 is 1. The standard InChI is InChI=1S/C19H23N3O4S/c1-22-8-7-20-19(22)27-16-5-3-14(4-6-16)21-17(24)12-9-13(18(25)26-2)11-15(23)10-12/h7-11,14,16,23H,3-6H2,1-2H3,(H,21,24). The second kappa shape index (κ2) is 8.47. The fourth-order valence-corrected chi connectivity index (χ4v) is 4.34. The van der Waals surface area contributed by atoms with Crippen LogP contribution in [0.5, 0.6) is 5.75 Å². The van der Waals surface area contributed by atoms with Gasteiger partial charge in [0.2, 0.25) is 0 Å². The average molecular weight is 389 g/mol. The van der Waals surface area contributed by atoms with Crippen molar-refractivity contribution in [2.45, 2.75) is 42.1 Å². The van der Waals surface area contributed by atoms with E-state index in [-0.39, 0.29) is 28.8 Å². The smallest absolute Gasteiger partial charge is 0.338 e. The first-order chi connectivity index (χ1) is 13.0. The molecule has 8 heteroatoms. The highest BCUT2D eigenvalue weighted by Gasteiger charge is 2.25. The van der Waals surface area contributed by atoms with Gasteiger partial charge in [-0.25, -0.2) is 9.78 Å². The van der Waals surface area contributed by atoms with E-state index in [0.717, 1.165) is 30.8 Å². The van der Waals surface area contributed by atoms with Gasteiger partial charge in [0.15, 0.2) is 5.16 Å². The molecule has 0 saturated heterocycles. The van der Waals surface area contributed by atoms with Crippen LogP contribution in [0.4, 0.5) is 0 Å². The maximum atomic E-state index is 12.5. The lowest BCUT2D eigenvalue weighted by Crippen LogP contribution is -2.38. The molecule has 0 aliphatic heterocycles. The highest BCUT2D eigenvalue weighted by Crippen LogP contribution is 2.32. The molecule has 1 aromatic heterocycles. The Kier molecular flexibility index (Phi) is 6.05. The van der Waals surface area contributed by atoms with Crippen molar-refractivity contribution in [3.8, 4) is 5.75 Å². The van der Waals surface area contributed by atoms with Gasteiger partial charge in [-0.2, -0.15) is 0 Å². The zero-order valence-corrected chi connectivity index (χ0v) is 16.2. The summed E-state index contributed by atoms with van der Waals surface area (Å²) in [4.78, 5) is 28.5. The van der Waals surface area contributed by atoms with Crippen molar-refractivity contribution in [3.05, 3.63) is 41.7 Å². The van der Waals surface area contributed by atoms with Gasteiger partial charge in [0.1, 0.15) is 5.75 Å². The Balaban J connectivity index is 1.56. The number of aromatic nitrogens is 2. The molecule has 1 fully saturated rings. The quantitative estimate of drug-likeness (QED) is 0.764. The summed E-state index contributed by atoms with van der Waals surface area (Å²) in [6.45, 7) is 0. The van der Waals surface area contributed by atoms with E-state index < -0.39 is 5.97 Å². The molecular weight excluding hydrogens is 366 g/mol. The van der Waals surface area contributed by atoms with Crippen molar-refractivity contribution in [3.63, 3.8) is 0 Å². The highest BCUT2D eigenvalue weighted by molar-refractivity contribution is 7.99. The number of nitrogens with zero attached hydrogens (tertiary/aromatic N) is 2. The van der Waals surface area contributed by atoms with Gasteiger partial charge in [-0.1, -0.05) is 11.8 Å². The van der Waals surface area contributed by atoms with Gasteiger partial charge >= 0.3 is 5.97 Å². The number of carbonyl (C=O) groups is 2. The summed E-state index contributed by atoms with van der Waals surface area (Å²) in [5.74, 6) is -1.03. The lowest BCUT2D eigenvalue weighted by atomic mass is 9.94. The number of hydrogen-bond acceptors (Lipinski definition) is 6. The number of esters is 1. The van der Waals surface area contributed by atoms with Gasteiger partial charge in [-0.3, -0.25) is 4.79 Å². The predicted molar refractivity (Wildman–Crippen MR) is 102 cm³/mol. The molecule has 0 radical (unpaired) electrons. The number of benzene rings is 1. The minimum Gasteiger partial charge on any atom is -0.508 e. The fourth-order valence-electron chi connectivity index (χ4n) is 3.19. The largest absolute Gasteiger partial charge is 0.508 e. The Morgan fingerprint density at radius 2 is 1.93 bits per heavy atom. The summed E-state index contributed by atoms with van der Waals surface area (Å²) < 4.78 is 6.66. The SMILES string of the molecule is COC(=O)c1cc(O)cc(C(=O)NC2CCC(Sc3nccn3C)CC2)c1. The number of nitrogens with one attached hydrogen (secondary N) is 1. The van der Waals surface area contributed by atoms with E-state index in [0.29, 0.717) is 5.25 Å². The molecule has 1 aliphatic rings. The topological polar surface area (TPSA) is 93.4 Å². The molecule has 3 rings (SSSR count). The molecule has 144 valence electrons. The molecule has 1 heterocycles. The van der Waals surface area contributed by atoms with Crippen LogP contribution in [-0.2, 0) is 11.8 Å². The molecule has 1 amide bonds. The number of aromatic hydroxyl groups is 1. The molecule has 2 N–H and O–H groups in total. The number of amides is 1. The summed E-state index contributed by atoms with van der Waals surface area (Å²) >= 11 is 1.78. The van der Waals surface area contributed by atoms with Crippen LogP contribution in [-0.4, -0.2) is 44.9 Å². The first-order valence-corrected chi connectivity index (χ1v) is 9.71. The number of hydrogen-bond donors (Lipinski definition) is 2.